The van der Waals surface area contributed by atoms with Crippen molar-refractivity contribution in [1.29, 1.82) is 0 Å². The highest BCUT2D eigenvalue weighted by atomic mass is 16.4. The minimum absolute atomic E-state index is 0.547. The van der Waals surface area contributed by atoms with Gasteiger partial charge in [0.1, 0.15) is 16.9 Å². The Bertz CT molecular complexity index is 449. The molecule has 0 fully saturated rings. The lowest BCUT2D eigenvalue weighted by Gasteiger charge is -2.07. The maximum Gasteiger partial charge on any atom is 0.340 e. The van der Waals surface area contributed by atoms with Gasteiger partial charge in [-0.2, -0.15) is 0 Å². The average molecular weight is 214 g/mol. The molecule has 7 nitrogen and oxygen atoms in total. The first-order valence-electron chi connectivity index (χ1n) is 3.60. The monoisotopic (exact) mass is 214 g/mol. The molecule has 0 saturated carbocycles. The van der Waals surface area contributed by atoms with E-state index in [1.807, 2.05) is 0 Å². The number of hydrogen-bond acceptors (Lipinski definition) is 5. The highest BCUT2D eigenvalue weighted by molar-refractivity contribution is 6.06. The van der Waals surface area contributed by atoms with Gasteiger partial charge < -0.3 is 25.5 Å². The summed E-state index contributed by atoms with van der Waals surface area (Å²) in [6.45, 7) is 0. The fourth-order valence-electron chi connectivity index (χ4n) is 1.07. The smallest absolute Gasteiger partial charge is 0.340 e. The van der Waals surface area contributed by atoms with Crippen LogP contribution in [0.15, 0.2) is 6.07 Å². The molecule has 0 radical (unpaired) electrons. The number of carbonyl (C=O) groups is 2. The van der Waals surface area contributed by atoms with Crippen molar-refractivity contribution in [2.24, 2.45) is 0 Å². The minimum Gasteiger partial charge on any atom is -0.507 e. The number of phenolic OH excluding ortho intramolecular Hbond substituents is 1. The van der Waals surface area contributed by atoms with Crippen molar-refractivity contribution in [1.82, 2.24) is 0 Å². The Labute approximate surface area is 82.5 Å². The SMILES string of the molecule is O=C(O)c1c(O)cc(O)c(O)c1C(=O)O. The Morgan fingerprint density at radius 2 is 1.33 bits per heavy atom. The highest BCUT2D eigenvalue weighted by Gasteiger charge is 2.26. The van der Waals surface area contributed by atoms with E-state index in [0.717, 1.165) is 0 Å². The van der Waals surface area contributed by atoms with Crippen LogP contribution in [-0.4, -0.2) is 37.5 Å². The van der Waals surface area contributed by atoms with Crippen LogP contribution in [-0.2, 0) is 0 Å². The largest absolute Gasteiger partial charge is 0.507 e. The number of hydrogen-bond donors (Lipinski definition) is 5. The van der Waals surface area contributed by atoms with Gasteiger partial charge in [0.15, 0.2) is 11.5 Å². The van der Waals surface area contributed by atoms with Gasteiger partial charge in [0.25, 0.3) is 0 Å². The third-order valence-electron chi connectivity index (χ3n) is 1.69. The standard InChI is InChI=1S/C8H6O7/c9-2-1-3(10)6(11)5(8(14)15)4(2)7(12)13/h1,9-11H,(H,12,13)(H,14,15). The van der Waals surface area contributed by atoms with E-state index in [2.05, 4.69) is 0 Å². The average Bonchev–Trinajstić information content (AvgIpc) is 2.09. The summed E-state index contributed by atoms with van der Waals surface area (Å²) in [4.78, 5) is 21.2. The molecule has 1 rings (SSSR count). The van der Waals surface area contributed by atoms with Gasteiger partial charge in [-0.25, -0.2) is 9.59 Å². The zero-order valence-corrected chi connectivity index (χ0v) is 7.13. The number of benzene rings is 1. The predicted octanol–water partition coefficient (Wildman–Crippen LogP) is 0.200. The van der Waals surface area contributed by atoms with Gasteiger partial charge in [0.2, 0.25) is 0 Å². The van der Waals surface area contributed by atoms with E-state index >= 15 is 0 Å². The number of phenols is 3. The second-order valence-corrected chi connectivity index (χ2v) is 2.62. The van der Waals surface area contributed by atoms with E-state index in [1.165, 1.54) is 0 Å². The topological polar surface area (TPSA) is 135 Å². The van der Waals surface area contributed by atoms with Crippen molar-refractivity contribution in [3.05, 3.63) is 17.2 Å². The molecule has 0 aliphatic carbocycles. The Kier molecular flexibility index (Phi) is 2.39. The Balaban J connectivity index is 3.69. The van der Waals surface area contributed by atoms with Crippen molar-refractivity contribution in [2.75, 3.05) is 0 Å². The second-order valence-electron chi connectivity index (χ2n) is 2.62. The zero-order valence-electron chi connectivity index (χ0n) is 7.13. The van der Waals surface area contributed by atoms with Crippen LogP contribution < -0.4 is 0 Å². The first-order chi connectivity index (χ1) is 6.86. The summed E-state index contributed by atoms with van der Waals surface area (Å²) in [5.41, 5.74) is -2.03. The Morgan fingerprint density at radius 1 is 0.867 bits per heavy atom. The van der Waals surface area contributed by atoms with Crippen molar-refractivity contribution in [3.8, 4) is 17.2 Å². The summed E-state index contributed by atoms with van der Waals surface area (Å²) in [6, 6.07) is 0.547. The van der Waals surface area contributed by atoms with Gasteiger partial charge in [-0.1, -0.05) is 0 Å². The third kappa shape index (κ3) is 1.62. The number of carboxylic acids is 2. The van der Waals surface area contributed by atoms with Gasteiger partial charge >= 0.3 is 11.9 Å². The second kappa shape index (κ2) is 3.37. The quantitative estimate of drug-likeness (QED) is 0.350. The number of aromatic carboxylic acids is 2. The number of aromatic hydroxyl groups is 3. The molecule has 0 aliphatic heterocycles. The molecule has 5 N–H and O–H groups in total. The maximum atomic E-state index is 10.6. The van der Waals surface area contributed by atoms with Crippen LogP contribution >= 0.6 is 0 Å². The van der Waals surface area contributed by atoms with Crippen LogP contribution in [0.4, 0.5) is 0 Å². The molecule has 0 amide bonds. The lowest BCUT2D eigenvalue weighted by Crippen LogP contribution is -2.08. The van der Waals surface area contributed by atoms with Crippen LogP contribution in [0.1, 0.15) is 20.7 Å². The number of carboxylic acid groups (broad SMARTS) is 2. The van der Waals surface area contributed by atoms with E-state index in [-0.39, 0.29) is 0 Å². The molecule has 80 valence electrons. The van der Waals surface area contributed by atoms with Crippen LogP contribution in [0.25, 0.3) is 0 Å². The summed E-state index contributed by atoms with van der Waals surface area (Å²) >= 11 is 0. The molecule has 1 aromatic rings. The zero-order chi connectivity index (χ0) is 11.7. The van der Waals surface area contributed by atoms with Crippen LogP contribution in [0.5, 0.6) is 17.2 Å². The normalized spacial score (nSPS) is 9.87. The van der Waals surface area contributed by atoms with E-state index in [4.69, 9.17) is 25.5 Å². The van der Waals surface area contributed by atoms with Crippen molar-refractivity contribution < 1.29 is 35.1 Å². The van der Waals surface area contributed by atoms with Gasteiger partial charge in [-0.15, -0.1) is 0 Å². The van der Waals surface area contributed by atoms with E-state index in [1.54, 1.807) is 0 Å². The molecule has 7 heteroatoms. The predicted molar refractivity (Wildman–Crippen MR) is 45.4 cm³/mol. The summed E-state index contributed by atoms with van der Waals surface area (Å²) in [5.74, 6) is -6.43. The molecule has 0 aromatic heterocycles. The van der Waals surface area contributed by atoms with Crippen molar-refractivity contribution in [3.63, 3.8) is 0 Å². The first kappa shape index (κ1) is 10.6. The Morgan fingerprint density at radius 3 is 1.73 bits per heavy atom. The highest BCUT2D eigenvalue weighted by Crippen LogP contribution is 2.37. The van der Waals surface area contributed by atoms with Gasteiger partial charge in [-0.05, 0) is 0 Å². The molecule has 0 saturated heterocycles. The van der Waals surface area contributed by atoms with Crippen molar-refractivity contribution in [2.45, 2.75) is 0 Å². The molecule has 0 atom stereocenters. The lowest BCUT2D eigenvalue weighted by molar-refractivity contribution is 0.0644. The molecule has 0 aliphatic rings. The summed E-state index contributed by atoms with van der Waals surface area (Å²) < 4.78 is 0. The molecular weight excluding hydrogens is 208 g/mol. The first-order valence-corrected chi connectivity index (χ1v) is 3.60. The maximum absolute atomic E-state index is 10.6. The summed E-state index contributed by atoms with van der Waals surface area (Å²) in [7, 11) is 0. The Hall–Kier alpha value is -2.44. The lowest BCUT2D eigenvalue weighted by atomic mass is 10.0. The van der Waals surface area contributed by atoms with E-state index < -0.39 is 40.3 Å². The van der Waals surface area contributed by atoms with Crippen LogP contribution in [0.3, 0.4) is 0 Å². The fraction of sp³-hybridized carbons (Fsp3) is 0. The molecule has 0 heterocycles. The molecule has 0 bridgehead atoms. The molecular formula is C8H6O7. The van der Waals surface area contributed by atoms with Crippen LogP contribution in [0.2, 0.25) is 0 Å². The molecule has 0 spiro atoms. The van der Waals surface area contributed by atoms with E-state index in [9.17, 15) is 9.59 Å². The molecule has 0 unspecified atom stereocenters. The number of rotatable bonds is 2. The van der Waals surface area contributed by atoms with Gasteiger partial charge in [0.05, 0.1) is 0 Å². The van der Waals surface area contributed by atoms with Crippen molar-refractivity contribution >= 4 is 11.9 Å². The molecule has 15 heavy (non-hydrogen) atoms. The summed E-state index contributed by atoms with van der Waals surface area (Å²) in [5, 5.41) is 44.4. The van der Waals surface area contributed by atoms with E-state index in [0.29, 0.717) is 6.07 Å². The van der Waals surface area contributed by atoms with Crippen LogP contribution in [0, 0.1) is 0 Å². The van der Waals surface area contributed by atoms with Gasteiger partial charge in [-0.3, -0.25) is 0 Å². The fourth-order valence-corrected chi connectivity index (χ4v) is 1.07. The molecule has 1 aromatic carbocycles. The van der Waals surface area contributed by atoms with Gasteiger partial charge in [0, 0.05) is 6.07 Å². The minimum atomic E-state index is -1.77. The third-order valence-corrected chi connectivity index (χ3v) is 1.69. The summed E-state index contributed by atoms with van der Waals surface area (Å²) in [6.07, 6.45) is 0.